The van der Waals surface area contributed by atoms with E-state index in [0.29, 0.717) is 30.3 Å². The van der Waals surface area contributed by atoms with E-state index in [0.717, 1.165) is 29.6 Å². The molecule has 12 heteroatoms. The van der Waals surface area contributed by atoms with Gasteiger partial charge in [-0.05, 0) is 43.7 Å². The smallest absolute Gasteiger partial charge is 0.344 e. The van der Waals surface area contributed by atoms with Crippen molar-refractivity contribution in [1.82, 2.24) is 25.9 Å². The minimum atomic E-state index is -0.911. The van der Waals surface area contributed by atoms with Crippen molar-refractivity contribution in [3.63, 3.8) is 0 Å². The maximum atomic E-state index is 12.8. The van der Waals surface area contributed by atoms with Gasteiger partial charge in [-0.15, -0.1) is 10.2 Å². The maximum absolute atomic E-state index is 12.8. The van der Waals surface area contributed by atoms with E-state index in [9.17, 15) is 14.4 Å². The van der Waals surface area contributed by atoms with Crippen LogP contribution in [0.3, 0.4) is 0 Å². The number of fused-ring (bicyclic) bond motifs is 1. The number of carbonyl (C=O) groups is 3. The fourth-order valence-corrected chi connectivity index (χ4v) is 4.71. The molecule has 4 amide bonds. The van der Waals surface area contributed by atoms with Gasteiger partial charge in [0.05, 0.1) is 5.75 Å². The van der Waals surface area contributed by atoms with Gasteiger partial charge in [-0.1, -0.05) is 30.8 Å². The van der Waals surface area contributed by atoms with Crippen LogP contribution in [0, 0.1) is 5.92 Å². The molecule has 2 N–H and O–H groups in total. The number of para-hydroxylation sites is 2. The lowest BCUT2D eigenvalue weighted by atomic mass is 9.77. The fraction of sp³-hybridized carbons (Fsp3) is 0.476. The first kappa shape index (κ1) is 21.6. The summed E-state index contributed by atoms with van der Waals surface area (Å²) in [6.45, 7) is 2.34. The van der Waals surface area contributed by atoms with Gasteiger partial charge in [0.2, 0.25) is 12.0 Å². The highest BCUT2D eigenvalue weighted by molar-refractivity contribution is 7.99. The number of rotatable bonds is 5. The van der Waals surface area contributed by atoms with E-state index in [2.05, 4.69) is 27.9 Å². The van der Waals surface area contributed by atoms with Gasteiger partial charge in [0.1, 0.15) is 12.1 Å². The molecule has 33 heavy (non-hydrogen) atoms. The number of urea groups is 1. The molecule has 11 nitrogen and oxygen atoms in total. The molecule has 5 rings (SSSR count). The van der Waals surface area contributed by atoms with Gasteiger partial charge in [-0.3, -0.25) is 15.0 Å². The molecule has 2 aromatic rings. The van der Waals surface area contributed by atoms with E-state index >= 15 is 0 Å². The quantitative estimate of drug-likeness (QED) is 0.495. The lowest BCUT2D eigenvalue weighted by Crippen LogP contribution is -2.51. The first-order valence-electron chi connectivity index (χ1n) is 10.7. The Bertz CT molecular complexity index is 1080. The van der Waals surface area contributed by atoms with Crippen LogP contribution < -0.4 is 20.2 Å². The first-order chi connectivity index (χ1) is 15.9. The molecular weight excluding hydrogens is 450 g/mol. The van der Waals surface area contributed by atoms with Gasteiger partial charge in [-0.2, -0.15) is 5.01 Å². The first-order valence-corrected chi connectivity index (χ1v) is 11.7. The number of imide groups is 1. The second-order valence-electron chi connectivity index (χ2n) is 8.43. The molecule has 1 spiro atoms. The van der Waals surface area contributed by atoms with Crippen LogP contribution >= 0.6 is 11.8 Å². The van der Waals surface area contributed by atoms with Crippen molar-refractivity contribution >= 4 is 29.6 Å². The molecule has 0 radical (unpaired) electrons. The number of nitrogens with zero attached hydrogens (tertiary/aromatic N) is 3. The molecule has 1 aromatic heterocycles. The molecule has 1 unspecified atom stereocenters. The molecule has 1 atom stereocenters. The second-order valence-corrected chi connectivity index (χ2v) is 9.36. The van der Waals surface area contributed by atoms with E-state index in [-0.39, 0.29) is 23.5 Å². The van der Waals surface area contributed by atoms with E-state index in [4.69, 9.17) is 13.9 Å². The zero-order chi connectivity index (χ0) is 23.0. The Morgan fingerprint density at radius 2 is 2.00 bits per heavy atom. The number of hydrogen-bond donors (Lipinski definition) is 2. The second kappa shape index (κ2) is 8.58. The van der Waals surface area contributed by atoms with Crippen LogP contribution in [0.5, 0.6) is 11.5 Å². The summed E-state index contributed by atoms with van der Waals surface area (Å²) in [7, 11) is 0. The molecule has 1 saturated carbocycles. The van der Waals surface area contributed by atoms with E-state index in [1.165, 1.54) is 0 Å². The summed E-state index contributed by atoms with van der Waals surface area (Å²) in [5.41, 5.74) is 1.48. The van der Waals surface area contributed by atoms with Crippen LogP contribution in [-0.4, -0.2) is 51.0 Å². The van der Waals surface area contributed by atoms with Crippen molar-refractivity contribution in [2.45, 2.75) is 49.5 Å². The summed E-state index contributed by atoms with van der Waals surface area (Å²) in [6.07, 6.45) is 2.29. The van der Waals surface area contributed by atoms with Crippen LogP contribution in [0.1, 0.15) is 44.6 Å². The summed E-state index contributed by atoms with van der Waals surface area (Å²) in [5.74, 6) is 0.912. The lowest BCUT2D eigenvalue weighted by Gasteiger charge is -2.33. The molecule has 3 heterocycles. The van der Waals surface area contributed by atoms with Crippen molar-refractivity contribution in [3.8, 4) is 11.5 Å². The molecular formula is C21H23N5O6S. The SMILES string of the molecule is CC1CCC2(CC1)NC(=O)N(NC(=O)CSc1nnc(C3COc4ccccc4O3)o1)C2=O. The van der Waals surface area contributed by atoms with Gasteiger partial charge in [0, 0.05) is 0 Å². The average molecular weight is 474 g/mol. The highest BCUT2D eigenvalue weighted by Crippen LogP contribution is 2.37. The van der Waals surface area contributed by atoms with E-state index < -0.39 is 29.5 Å². The number of aromatic nitrogens is 2. The Balaban J connectivity index is 1.14. The van der Waals surface area contributed by atoms with Crippen LogP contribution in [0.4, 0.5) is 4.79 Å². The van der Waals surface area contributed by atoms with Crippen molar-refractivity contribution in [2.24, 2.45) is 5.92 Å². The largest absolute Gasteiger partial charge is 0.485 e. The summed E-state index contributed by atoms with van der Waals surface area (Å²) in [5, 5.41) is 11.6. The summed E-state index contributed by atoms with van der Waals surface area (Å²) in [6, 6.07) is 6.67. The molecule has 1 aliphatic carbocycles. The van der Waals surface area contributed by atoms with Gasteiger partial charge >= 0.3 is 6.03 Å². The molecule has 2 aliphatic heterocycles. The van der Waals surface area contributed by atoms with Gasteiger partial charge in [0.15, 0.2) is 11.5 Å². The predicted octanol–water partition coefficient (Wildman–Crippen LogP) is 2.21. The third kappa shape index (κ3) is 4.22. The topological polar surface area (TPSA) is 136 Å². The minimum Gasteiger partial charge on any atom is -0.485 e. The monoisotopic (exact) mass is 473 g/mol. The molecule has 1 saturated heterocycles. The van der Waals surface area contributed by atoms with Gasteiger partial charge in [0.25, 0.3) is 17.0 Å². The molecule has 1 aromatic carbocycles. The number of hydrazine groups is 1. The van der Waals surface area contributed by atoms with E-state index in [1.54, 1.807) is 12.1 Å². The third-order valence-electron chi connectivity index (χ3n) is 6.06. The summed E-state index contributed by atoms with van der Waals surface area (Å²) < 4.78 is 17.1. The maximum Gasteiger partial charge on any atom is 0.344 e. The zero-order valence-corrected chi connectivity index (χ0v) is 18.7. The number of nitrogens with one attached hydrogen (secondary N) is 2. The van der Waals surface area contributed by atoms with Crippen molar-refractivity contribution in [2.75, 3.05) is 12.4 Å². The minimum absolute atomic E-state index is 0.117. The number of hydrogen-bond acceptors (Lipinski definition) is 9. The van der Waals surface area contributed by atoms with Crippen molar-refractivity contribution < 1.29 is 28.3 Å². The Morgan fingerprint density at radius 3 is 2.79 bits per heavy atom. The Labute approximate surface area is 193 Å². The van der Waals surface area contributed by atoms with Crippen LogP contribution in [-0.2, 0) is 9.59 Å². The van der Waals surface area contributed by atoms with Crippen LogP contribution in [0.15, 0.2) is 33.9 Å². The lowest BCUT2D eigenvalue weighted by molar-refractivity contribution is -0.139. The number of benzene rings is 1. The Hall–Kier alpha value is -3.28. The molecule has 3 aliphatic rings. The summed E-state index contributed by atoms with van der Waals surface area (Å²) >= 11 is 0.994. The van der Waals surface area contributed by atoms with Crippen molar-refractivity contribution in [1.29, 1.82) is 0 Å². The van der Waals surface area contributed by atoms with Crippen LogP contribution in [0.2, 0.25) is 0 Å². The molecule has 2 fully saturated rings. The normalized spacial score (nSPS) is 26.4. The Kier molecular flexibility index (Phi) is 5.60. The van der Waals surface area contributed by atoms with Gasteiger partial charge in [-0.25, -0.2) is 4.79 Å². The van der Waals surface area contributed by atoms with E-state index in [1.807, 2.05) is 12.1 Å². The van der Waals surface area contributed by atoms with Crippen molar-refractivity contribution in [3.05, 3.63) is 30.2 Å². The molecule has 174 valence electrons. The standard InChI is InChI=1S/C21H23N5O6S/c1-12-6-8-21(9-7-12)18(28)26(19(29)22-21)25-16(27)11-33-20-24-23-17(32-20)15-10-30-13-4-2-3-5-14(13)31-15/h2-5,12,15H,6-11H2,1H3,(H,22,29)(H,25,27). The predicted molar refractivity (Wildman–Crippen MR) is 114 cm³/mol. The highest BCUT2D eigenvalue weighted by atomic mass is 32.2. The number of carbonyl (C=O) groups excluding carboxylic acids is 3. The summed E-state index contributed by atoms with van der Waals surface area (Å²) in [4.78, 5) is 37.5. The number of thioether (sulfide) groups is 1. The van der Waals surface area contributed by atoms with Gasteiger partial charge < -0.3 is 19.2 Å². The van der Waals surface area contributed by atoms with Crippen LogP contribution in [0.25, 0.3) is 0 Å². The number of ether oxygens (including phenoxy) is 2. The average Bonchev–Trinajstić information content (AvgIpc) is 3.39. The third-order valence-corrected chi connectivity index (χ3v) is 6.88. The fourth-order valence-electron chi connectivity index (χ4n) is 4.15. The Morgan fingerprint density at radius 1 is 1.24 bits per heavy atom. The zero-order valence-electron chi connectivity index (χ0n) is 17.9. The molecule has 0 bridgehead atoms. The highest BCUT2D eigenvalue weighted by Gasteiger charge is 2.52. The number of amides is 4.